The summed E-state index contributed by atoms with van der Waals surface area (Å²) in [6.45, 7) is 2.28. The second kappa shape index (κ2) is 5.72. The molecule has 4 nitrogen and oxygen atoms in total. The molecule has 0 saturated heterocycles. The first-order valence-corrected chi connectivity index (χ1v) is 7.58. The quantitative estimate of drug-likeness (QED) is 0.626. The van der Waals surface area contributed by atoms with E-state index in [0.717, 1.165) is 22.5 Å². The van der Waals surface area contributed by atoms with Crippen LogP contribution in [0.15, 0.2) is 42.7 Å². The van der Waals surface area contributed by atoms with Gasteiger partial charge in [0.2, 0.25) is 0 Å². The van der Waals surface area contributed by atoms with Gasteiger partial charge in [0.15, 0.2) is 0 Å². The van der Waals surface area contributed by atoms with Crippen LogP contribution in [0.5, 0.6) is 0 Å². The molecular formula is C18H22N4. The molecule has 1 unspecified atom stereocenters. The Kier molecular flexibility index (Phi) is 3.75. The van der Waals surface area contributed by atoms with Crippen molar-refractivity contribution < 1.29 is 0 Å². The number of anilines is 2. The third-order valence-corrected chi connectivity index (χ3v) is 4.27. The van der Waals surface area contributed by atoms with Crippen molar-refractivity contribution in [2.24, 2.45) is 13.0 Å². The first kappa shape index (κ1) is 14.4. The molecule has 0 saturated carbocycles. The maximum Gasteiger partial charge on any atom is 0.132 e. The largest absolute Gasteiger partial charge is 0.398 e. The molecule has 4 N–H and O–H groups in total. The molecule has 0 fully saturated rings. The topological polar surface area (TPSA) is 69.9 Å². The maximum absolute atomic E-state index is 5.83. The summed E-state index contributed by atoms with van der Waals surface area (Å²) >= 11 is 0. The Balaban J connectivity index is 0.000000131. The fourth-order valence-corrected chi connectivity index (χ4v) is 3.11. The number of aryl methyl sites for hydroxylation is 1. The van der Waals surface area contributed by atoms with Crippen molar-refractivity contribution in [2.45, 2.75) is 19.8 Å². The second-order valence-electron chi connectivity index (χ2n) is 6.05. The Morgan fingerprint density at radius 1 is 1.14 bits per heavy atom. The number of fused-ring (bicyclic) bond motifs is 2. The second-order valence-corrected chi connectivity index (χ2v) is 6.05. The molecule has 1 atom stereocenters. The van der Waals surface area contributed by atoms with Gasteiger partial charge >= 0.3 is 0 Å². The lowest BCUT2D eigenvalue weighted by atomic mass is 10.1. The highest BCUT2D eigenvalue weighted by molar-refractivity contribution is 5.88. The summed E-state index contributed by atoms with van der Waals surface area (Å²) in [7, 11) is 1.99. The van der Waals surface area contributed by atoms with E-state index < -0.39 is 0 Å². The van der Waals surface area contributed by atoms with Gasteiger partial charge in [0.1, 0.15) is 5.82 Å². The third-order valence-electron chi connectivity index (χ3n) is 4.27. The molecule has 0 radical (unpaired) electrons. The summed E-state index contributed by atoms with van der Waals surface area (Å²) < 4.78 is 2.02. The van der Waals surface area contributed by atoms with E-state index >= 15 is 0 Å². The van der Waals surface area contributed by atoms with Gasteiger partial charge in [-0.25, -0.2) is 4.98 Å². The van der Waals surface area contributed by atoms with Crippen LogP contribution in [-0.4, -0.2) is 9.55 Å². The number of nitrogens with zero attached hydrogens (tertiary/aromatic N) is 2. The minimum absolute atomic E-state index is 0.600. The van der Waals surface area contributed by atoms with Crippen LogP contribution in [-0.2, 0) is 19.9 Å². The molecule has 0 amide bonds. The highest BCUT2D eigenvalue weighted by Crippen LogP contribution is 2.30. The van der Waals surface area contributed by atoms with E-state index in [2.05, 4.69) is 18.0 Å². The van der Waals surface area contributed by atoms with Gasteiger partial charge < -0.3 is 16.0 Å². The van der Waals surface area contributed by atoms with Gasteiger partial charge in [-0.15, -0.1) is 0 Å². The molecule has 0 spiro atoms. The molecule has 2 aromatic heterocycles. The smallest absolute Gasteiger partial charge is 0.132 e. The predicted octanol–water partition coefficient (Wildman–Crippen LogP) is 3.16. The summed E-state index contributed by atoms with van der Waals surface area (Å²) in [6, 6.07) is 10.2. The van der Waals surface area contributed by atoms with Gasteiger partial charge in [-0.05, 0) is 48.1 Å². The average Bonchev–Trinajstić information content (AvgIpc) is 3.05. The van der Waals surface area contributed by atoms with E-state index in [-0.39, 0.29) is 0 Å². The summed E-state index contributed by atoms with van der Waals surface area (Å²) in [5.74, 6) is 1.39. The number of hydrogen-bond acceptors (Lipinski definition) is 3. The summed E-state index contributed by atoms with van der Waals surface area (Å²) in [5.41, 5.74) is 16.4. The van der Waals surface area contributed by atoms with E-state index in [1.54, 1.807) is 6.20 Å². The highest BCUT2D eigenvalue weighted by atomic mass is 14.9. The van der Waals surface area contributed by atoms with Crippen molar-refractivity contribution in [2.75, 3.05) is 11.5 Å². The highest BCUT2D eigenvalue weighted by Gasteiger charge is 2.18. The van der Waals surface area contributed by atoms with Crippen LogP contribution in [0.4, 0.5) is 11.5 Å². The third kappa shape index (κ3) is 2.64. The molecule has 4 heteroatoms. The van der Waals surface area contributed by atoms with Gasteiger partial charge in [-0.1, -0.05) is 19.1 Å². The molecule has 0 bridgehead atoms. The molecule has 4 rings (SSSR count). The van der Waals surface area contributed by atoms with E-state index in [1.807, 2.05) is 42.1 Å². The normalized spacial score (nSPS) is 16.2. The monoisotopic (exact) mass is 294 g/mol. The number of hydrogen-bond donors (Lipinski definition) is 2. The lowest BCUT2D eigenvalue weighted by molar-refractivity contribution is 0.628. The van der Waals surface area contributed by atoms with Crippen molar-refractivity contribution in [3.63, 3.8) is 0 Å². The zero-order valence-electron chi connectivity index (χ0n) is 13.1. The van der Waals surface area contributed by atoms with Crippen LogP contribution in [0.25, 0.3) is 10.9 Å². The number of nitrogens with two attached hydrogens (primary N) is 2. The number of pyridine rings is 1. The predicted molar refractivity (Wildman–Crippen MR) is 92.6 cm³/mol. The molecule has 1 aliphatic rings. The lowest BCUT2D eigenvalue weighted by Crippen LogP contribution is -1.93. The Bertz CT molecular complexity index is 804. The van der Waals surface area contributed by atoms with Crippen LogP contribution in [0, 0.1) is 5.92 Å². The Hall–Kier alpha value is -2.49. The number of rotatable bonds is 0. The van der Waals surface area contributed by atoms with Gasteiger partial charge in [0.05, 0.1) is 5.52 Å². The van der Waals surface area contributed by atoms with Crippen LogP contribution in [0.1, 0.15) is 18.1 Å². The van der Waals surface area contributed by atoms with E-state index in [1.165, 1.54) is 24.0 Å². The lowest BCUT2D eigenvalue weighted by Gasteiger charge is -2.00. The molecule has 0 aliphatic heterocycles. The molecule has 2 heterocycles. The van der Waals surface area contributed by atoms with Crippen molar-refractivity contribution in [3.05, 3.63) is 53.9 Å². The van der Waals surface area contributed by atoms with E-state index in [4.69, 9.17) is 11.5 Å². The molecule has 114 valence electrons. The van der Waals surface area contributed by atoms with Crippen LogP contribution in [0.3, 0.4) is 0 Å². The Morgan fingerprint density at radius 2 is 1.95 bits per heavy atom. The fraction of sp³-hybridized carbons (Fsp3) is 0.278. The summed E-state index contributed by atoms with van der Waals surface area (Å²) in [4.78, 5) is 3.99. The van der Waals surface area contributed by atoms with Crippen LogP contribution < -0.4 is 11.5 Å². The molecular weight excluding hydrogens is 272 g/mol. The molecule has 3 aromatic rings. The fourth-order valence-electron chi connectivity index (χ4n) is 3.11. The number of aromatic nitrogens is 2. The summed E-state index contributed by atoms with van der Waals surface area (Å²) in [6.07, 6.45) is 6.07. The average molecular weight is 294 g/mol. The summed E-state index contributed by atoms with van der Waals surface area (Å²) in [5, 5.41) is 1.02. The molecule has 22 heavy (non-hydrogen) atoms. The minimum Gasteiger partial charge on any atom is -0.398 e. The maximum atomic E-state index is 5.83. The SMILES string of the molecule is CC1Cc2cccc(N)c2C1.Cn1ccc2c(N)nccc21. The first-order chi connectivity index (χ1) is 10.6. The van der Waals surface area contributed by atoms with E-state index in [9.17, 15) is 0 Å². The van der Waals surface area contributed by atoms with Crippen molar-refractivity contribution >= 4 is 22.4 Å². The van der Waals surface area contributed by atoms with Crippen molar-refractivity contribution in [1.82, 2.24) is 9.55 Å². The van der Waals surface area contributed by atoms with Crippen LogP contribution in [0.2, 0.25) is 0 Å². The van der Waals surface area contributed by atoms with Gasteiger partial charge in [0.25, 0.3) is 0 Å². The Morgan fingerprint density at radius 3 is 2.68 bits per heavy atom. The van der Waals surface area contributed by atoms with Gasteiger partial charge in [0, 0.05) is 30.5 Å². The standard InChI is InChI=1S/C10H13N.C8H9N3/c1-7-5-8-3-2-4-10(11)9(8)6-7;1-11-5-3-6-7(11)2-4-10-8(6)9/h2-4,7H,5-6,11H2,1H3;2-5H,1H3,(H2,9,10). The van der Waals surface area contributed by atoms with Gasteiger partial charge in [-0.2, -0.15) is 0 Å². The molecule has 1 aromatic carbocycles. The van der Waals surface area contributed by atoms with Crippen molar-refractivity contribution in [3.8, 4) is 0 Å². The van der Waals surface area contributed by atoms with E-state index in [0.29, 0.717) is 5.82 Å². The number of nitrogen functional groups attached to an aromatic ring is 2. The van der Waals surface area contributed by atoms with Gasteiger partial charge in [-0.3, -0.25) is 0 Å². The zero-order chi connectivity index (χ0) is 15.7. The minimum atomic E-state index is 0.600. The number of benzene rings is 1. The zero-order valence-corrected chi connectivity index (χ0v) is 13.1. The van der Waals surface area contributed by atoms with Crippen molar-refractivity contribution in [1.29, 1.82) is 0 Å². The molecule has 1 aliphatic carbocycles. The first-order valence-electron chi connectivity index (χ1n) is 7.58. The Labute approximate surface area is 130 Å². The van der Waals surface area contributed by atoms with Crippen LogP contribution >= 0.6 is 0 Å².